The van der Waals surface area contributed by atoms with Crippen LogP contribution in [0.25, 0.3) is 10.9 Å². The van der Waals surface area contributed by atoms with E-state index >= 15 is 0 Å². The fraction of sp³-hybridized carbons (Fsp3) is 0.579. The topological polar surface area (TPSA) is 61.4 Å². The van der Waals surface area contributed by atoms with Gasteiger partial charge in [-0.1, -0.05) is 40.7 Å². The number of nitrogens with zero attached hydrogens (tertiary/aromatic N) is 1. The zero-order valence-electron chi connectivity index (χ0n) is 16.3. The normalized spacial score (nSPS) is 12.8. The molecule has 0 N–H and O–H groups in total. The second kappa shape index (κ2) is 6.82. The highest BCUT2D eigenvalue weighted by Gasteiger charge is 2.39. The van der Waals surface area contributed by atoms with Gasteiger partial charge in [0.15, 0.2) is 0 Å². The van der Waals surface area contributed by atoms with Crippen molar-refractivity contribution in [2.24, 2.45) is 5.92 Å². The third-order valence-corrected chi connectivity index (χ3v) is 9.34. The van der Waals surface area contributed by atoms with Gasteiger partial charge in [0.25, 0.3) is 8.32 Å². The first-order valence-electron chi connectivity index (χ1n) is 8.80. The van der Waals surface area contributed by atoms with Crippen LogP contribution in [0, 0.1) is 5.92 Å². The van der Waals surface area contributed by atoms with Gasteiger partial charge in [0, 0.05) is 6.54 Å². The Morgan fingerprint density at radius 3 is 2.40 bits per heavy atom. The van der Waals surface area contributed by atoms with Crippen molar-refractivity contribution in [2.75, 3.05) is 0 Å². The van der Waals surface area contributed by atoms with Gasteiger partial charge in [-0.3, -0.25) is 4.57 Å². The van der Waals surface area contributed by atoms with Crippen LogP contribution in [0.3, 0.4) is 0 Å². The quantitative estimate of drug-likeness (QED) is 0.739. The Morgan fingerprint density at radius 2 is 1.84 bits per heavy atom. The minimum absolute atomic E-state index is 0.00143. The van der Waals surface area contributed by atoms with Crippen LogP contribution < -0.4 is 15.8 Å². The van der Waals surface area contributed by atoms with E-state index in [9.17, 15) is 9.59 Å². The average molecular weight is 364 g/mol. The van der Waals surface area contributed by atoms with Crippen LogP contribution in [0.4, 0.5) is 0 Å². The predicted molar refractivity (Wildman–Crippen MR) is 104 cm³/mol. The molecular weight excluding hydrogens is 334 g/mol. The second-order valence-electron chi connectivity index (χ2n) is 8.50. The standard InChI is InChI=1S/C19H29NO4Si/c1-13(2)11-12-20-14-9-8-10-15(16(14)17(21)23-18(20)22)24-25(6,7)19(3,4)5/h8-10,13H,11-12H2,1-7H3. The van der Waals surface area contributed by atoms with Crippen LogP contribution in [0.5, 0.6) is 5.75 Å². The van der Waals surface area contributed by atoms with Crippen LogP contribution in [0.1, 0.15) is 41.0 Å². The van der Waals surface area contributed by atoms with Crippen molar-refractivity contribution in [3.63, 3.8) is 0 Å². The van der Waals surface area contributed by atoms with Gasteiger partial charge in [-0.05, 0) is 42.6 Å². The van der Waals surface area contributed by atoms with Gasteiger partial charge in [0.2, 0.25) is 0 Å². The number of fused-ring (bicyclic) bond motifs is 1. The number of aromatic nitrogens is 1. The van der Waals surface area contributed by atoms with Gasteiger partial charge >= 0.3 is 11.4 Å². The van der Waals surface area contributed by atoms with E-state index in [1.165, 1.54) is 4.57 Å². The Kier molecular flexibility index (Phi) is 5.32. The average Bonchev–Trinajstić information content (AvgIpc) is 2.44. The van der Waals surface area contributed by atoms with Crippen molar-refractivity contribution in [2.45, 2.75) is 65.7 Å². The Balaban J connectivity index is 2.63. The first kappa shape index (κ1) is 19.5. The summed E-state index contributed by atoms with van der Waals surface area (Å²) in [6.07, 6.45) is 0.829. The lowest BCUT2D eigenvalue weighted by atomic mass is 10.1. The van der Waals surface area contributed by atoms with Crippen LogP contribution in [0.2, 0.25) is 18.1 Å². The lowest BCUT2D eigenvalue weighted by molar-refractivity contribution is 0.397. The Bertz CT molecular complexity index is 872. The summed E-state index contributed by atoms with van der Waals surface area (Å²) in [6, 6.07) is 5.40. The lowest BCUT2D eigenvalue weighted by Gasteiger charge is -2.36. The molecule has 0 spiro atoms. The van der Waals surface area contributed by atoms with Gasteiger partial charge < -0.3 is 8.84 Å². The molecule has 0 bridgehead atoms. The highest BCUT2D eigenvalue weighted by molar-refractivity contribution is 6.74. The van der Waals surface area contributed by atoms with Crippen LogP contribution in [-0.2, 0) is 6.54 Å². The maximum absolute atomic E-state index is 12.4. The first-order valence-corrected chi connectivity index (χ1v) is 11.7. The first-order chi connectivity index (χ1) is 11.4. The van der Waals surface area contributed by atoms with Gasteiger partial charge in [-0.15, -0.1) is 0 Å². The molecule has 0 radical (unpaired) electrons. The van der Waals surface area contributed by atoms with E-state index in [1.54, 1.807) is 12.1 Å². The van der Waals surface area contributed by atoms with E-state index in [-0.39, 0.29) is 5.04 Å². The Hall–Kier alpha value is -1.82. The molecule has 2 rings (SSSR count). The fourth-order valence-electron chi connectivity index (χ4n) is 2.35. The molecule has 1 aromatic carbocycles. The van der Waals surface area contributed by atoms with Gasteiger partial charge in [-0.2, -0.15) is 0 Å². The van der Waals surface area contributed by atoms with Crippen LogP contribution in [0.15, 0.2) is 32.2 Å². The molecule has 6 heteroatoms. The van der Waals surface area contributed by atoms with Crippen molar-refractivity contribution < 1.29 is 8.84 Å². The molecule has 1 heterocycles. The van der Waals surface area contributed by atoms with Gasteiger partial charge in [0.05, 0.1) is 5.52 Å². The molecule has 1 aromatic heterocycles. The molecule has 0 unspecified atom stereocenters. The van der Waals surface area contributed by atoms with E-state index < -0.39 is 19.7 Å². The molecule has 0 saturated carbocycles. The molecule has 0 aliphatic rings. The van der Waals surface area contributed by atoms with Crippen LogP contribution in [-0.4, -0.2) is 12.9 Å². The number of hydrogen-bond donors (Lipinski definition) is 0. The van der Waals surface area contributed by atoms with Crippen molar-refractivity contribution in [3.05, 3.63) is 39.2 Å². The summed E-state index contributed by atoms with van der Waals surface area (Å²) < 4.78 is 12.9. The zero-order chi connectivity index (χ0) is 19.0. The summed E-state index contributed by atoms with van der Waals surface area (Å²) in [5.74, 6) is 0.347. The summed E-state index contributed by atoms with van der Waals surface area (Å²) in [7, 11) is -2.12. The Morgan fingerprint density at radius 1 is 1.20 bits per heavy atom. The van der Waals surface area contributed by atoms with Gasteiger partial charge in [0.1, 0.15) is 11.1 Å². The maximum atomic E-state index is 12.4. The SMILES string of the molecule is CC(C)CCn1c(=O)oc(=O)c2c(O[Si](C)(C)C(C)(C)C)cccc21. The summed E-state index contributed by atoms with van der Waals surface area (Å²) >= 11 is 0. The predicted octanol–water partition coefficient (Wildman–Crippen LogP) is 4.38. The molecule has 0 aliphatic heterocycles. The summed E-state index contributed by atoms with van der Waals surface area (Å²) in [5.41, 5.74) is -0.0479. The van der Waals surface area contributed by atoms with Crippen LogP contribution >= 0.6 is 0 Å². The third-order valence-electron chi connectivity index (χ3n) is 5.00. The minimum Gasteiger partial charge on any atom is -0.543 e. The molecule has 25 heavy (non-hydrogen) atoms. The summed E-state index contributed by atoms with van der Waals surface area (Å²) in [6.45, 7) is 15.4. The van der Waals surface area contributed by atoms with E-state index in [2.05, 4.69) is 47.7 Å². The molecule has 0 atom stereocenters. The molecule has 0 fully saturated rings. The van der Waals surface area contributed by atoms with E-state index in [1.807, 2.05) is 6.07 Å². The molecule has 138 valence electrons. The third kappa shape index (κ3) is 4.06. The summed E-state index contributed by atoms with van der Waals surface area (Å²) in [5, 5.41) is 0.359. The highest BCUT2D eigenvalue weighted by atomic mass is 28.4. The lowest BCUT2D eigenvalue weighted by Crippen LogP contribution is -2.44. The largest absolute Gasteiger partial charge is 0.543 e. The molecule has 5 nitrogen and oxygen atoms in total. The molecule has 0 amide bonds. The highest BCUT2D eigenvalue weighted by Crippen LogP contribution is 2.38. The minimum atomic E-state index is -2.12. The summed E-state index contributed by atoms with van der Waals surface area (Å²) in [4.78, 5) is 24.6. The van der Waals surface area contributed by atoms with Crippen molar-refractivity contribution in [1.29, 1.82) is 0 Å². The number of benzene rings is 1. The fourth-order valence-corrected chi connectivity index (χ4v) is 3.37. The van der Waals surface area contributed by atoms with Gasteiger partial charge in [-0.25, -0.2) is 9.59 Å². The van der Waals surface area contributed by atoms with E-state index in [4.69, 9.17) is 8.84 Å². The number of hydrogen-bond acceptors (Lipinski definition) is 4. The second-order valence-corrected chi connectivity index (χ2v) is 13.2. The Labute approximate surface area is 149 Å². The molecule has 0 saturated heterocycles. The van der Waals surface area contributed by atoms with Crippen molar-refractivity contribution in [1.82, 2.24) is 4.57 Å². The van der Waals surface area contributed by atoms with E-state index in [0.717, 1.165) is 6.42 Å². The van der Waals surface area contributed by atoms with Crippen molar-refractivity contribution in [3.8, 4) is 5.75 Å². The monoisotopic (exact) mass is 363 g/mol. The molecular formula is C19H29NO4Si. The smallest absolute Gasteiger partial charge is 0.422 e. The number of aryl methyl sites for hydroxylation is 1. The maximum Gasteiger partial charge on any atom is 0.422 e. The van der Waals surface area contributed by atoms with Crippen molar-refractivity contribution >= 4 is 19.2 Å². The molecule has 2 aromatic rings. The zero-order valence-corrected chi connectivity index (χ0v) is 17.3. The molecule has 0 aliphatic carbocycles. The van der Waals surface area contributed by atoms with E-state index in [0.29, 0.717) is 29.1 Å². The number of rotatable bonds is 5.